The van der Waals surface area contributed by atoms with Crippen molar-refractivity contribution in [1.29, 1.82) is 0 Å². The van der Waals surface area contributed by atoms with Crippen molar-refractivity contribution in [2.45, 2.75) is 111 Å². The summed E-state index contributed by atoms with van der Waals surface area (Å²) in [6.07, 6.45) is 17.1. The van der Waals surface area contributed by atoms with E-state index in [0.717, 1.165) is 54.3 Å². The molecule has 0 spiro atoms. The van der Waals surface area contributed by atoms with Crippen molar-refractivity contribution < 1.29 is 5.11 Å². The van der Waals surface area contributed by atoms with E-state index in [1.807, 2.05) is 0 Å². The molecule has 0 saturated heterocycles. The van der Waals surface area contributed by atoms with Gasteiger partial charge in [-0.25, -0.2) is 0 Å². The first-order valence-corrected chi connectivity index (χ1v) is 13.5. The van der Waals surface area contributed by atoms with Crippen LogP contribution in [0.5, 0.6) is 0 Å². The van der Waals surface area contributed by atoms with Gasteiger partial charge < -0.3 is 5.11 Å². The number of fused-ring (bicyclic) bond motifs is 5. The van der Waals surface area contributed by atoms with Crippen LogP contribution >= 0.6 is 0 Å². The minimum Gasteiger partial charge on any atom is -0.393 e. The van der Waals surface area contributed by atoms with Gasteiger partial charge in [0, 0.05) is 0 Å². The number of allylic oxidation sites excluding steroid dienone is 1. The quantitative estimate of drug-likeness (QED) is 0.438. The number of hydrogen-bond acceptors (Lipinski definition) is 1. The minimum absolute atomic E-state index is 0.0172. The van der Waals surface area contributed by atoms with Gasteiger partial charge in [0.2, 0.25) is 0 Å². The van der Waals surface area contributed by atoms with Crippen LogP contribution in [-0.2, 0) is 0 Å². The normalized spacial score (nSPS) is 48.7. The first-order valence-electron chi connectivity index (χ1n) is 13.5. The van der Waals surface area contributed by atoms with Gasteiger partial charge in [-0.1, -0.05) is 47.1 Å². The summed E-state index contributed by atoms with van der Waals surface area (Å²) in [5, 5.41) is 10.3. The lowest BCUT2D eigenvalue weighted by Gasteiger charge is -2.61. The molecule has 1 N–H and O–H groups in total. The smallest absolute Gasteiger partial charge is 0.0543 e. The summed E-state index contributed by atoms with van der Waals surface area (Å²) in [5.74, 6) is 6.88. The highest BCUT2D eigenvalue weighted by molar-refractivity contribution is 5.09. The highest BCUT2D eigenvalue weighted by atomic mass is 16.3. The molecule has 30 heavy (non-hydrogen) atoms. The van der Waals surface area contributed by atoms with Crippen molar-refractivity contribution in [1.82, 2.24) is 0 Å². The van der Waals surface area contributed by atoms with Crippen LogP contribution in [0, 0.1) is 58.2 Å². The fourth-order valence-electron chi connectivity index (χ4n) is 9.43. The molecule has 0 aromatic carbocycles. The van der Waals surface area contributed by atoms with E-state index in [-0.39, 0.29) is 6.10 Å². The van der Waals surface area contributed by atoms with Crippen LogP contribution in [0.15, 0.2) is 12.7 Å². The fourth-order valence-corrected chi connectivity index (χ4v) is 9.43. The summed E-state index contributed by atoms with van der Waals surface area (Å²) < 4.78 is 0. The Morgan fingerprint density at radius 2 is 1.60 bits per heavy atom. The van der Waals surface area contributed by atoms with Crippen LogP contribution in [0.3, 0.4) is 0 Å². The zero-order valence-corrected chi connectivity index (χ0v) is 20.7. The molecule has 4 aliphatic rings. The summed E-state index contributed by atoms with van der Waals surface area (Å²) in [5.41, 5.74) is 1.11. The Balaban J connectivity index is 1.44. The summed E-state index contributed by atoms with van der Waals surface area (Å²) in [6.45, 7) is 16.7. The largest absolute Gasteiger partial charge is 0.393 e. The second-order valence-electron chi connectivity index (χ2n) is 12.9. The molecule has 4 aliphatic carbocycles. The lowest BCUT2D eigenvalue weighted by Crippen LogP contribution is -2.54. The van der Waals surface area contributed by atoms with Gasteiger partial charge in [-0.05, 0) is 122 Å². The van der Waals surface area contributed by atoms with Crippen molar-refractivity contribution >= 4 is 0 Å². The maximum Gasteiger partial charge on any atom is 0.0543 e. The van der Waals surface area contributed by atoms with Gasteiger partial charge in [0.15, 0.2) is 0 Å². The van der Waals surface area contributed by atoms with Crippen molar-refractivity contribution in [2.75, 3.05) is 0 Å². The number of aliphatic hydroxyl groups excluding tert-OH is 1. The summed E-state index contributed by atoms with van der Waals surface area (Å²) in [7, 11) is 0. The number of aliphatic hydroxyl groups is 1. The van der Waals surface area contributed by atoms with Gasteiger partial charge in [0.1, 0.15) is 0 Å². The SMILES string of the molecule is C=C[C@@H](C)[C@H](C)CC[C@@H](C)[C@H]1CC[C@H]2[C@@H]3CC[C@@H]4C[C@@H](O)CC[C@]4(C)[C@H]3CC[C@]12C. The second kappa shape index (κ2) is 8.57. The van der Waals surface area contributed by atoms with Crippen LogP contribution in [0.4, 0.5) is 0 Å². The number of rotatable bonds is 6. The van der Waals surface area contributed by atoms with Crippen molar-refractivity contribution in [3.8, 4) is 0 Å². The molecule has 0 aromatic rings. The first kappa shape index (κ1) is 22.9. The Bertz CT molecular complexity index is 611. The van der Waals surface area contributed by atoms with Crippen LogP contribution < -0.4 is 0 Å². The standard InChI is InChI=1S/C29H50O/c1-7-19(2)20(3)8-9-21(4)25-12-13-26-24-11-10-22-18-23(30)14-16-28(22,5)27(24)15-17-29(25,26)6/h7,19-27,30H,1,8-18H2,2-6H3/t19-,20-,21-,22-,23+,24+,25-,26+,27+,28+,29-/m1/s1. The molecule has 0 heterocycles. The zero-order chi connectivity index (χ0) is 21.7. The van der Waals surface area contributed by atoms with Crippen LogP contribution in [0.25, 0.3) is 0 Å². The van der Waals surface area contributed by atoms with Gasteiger partial charge in [0.25, 0.3) is 0 Å². The third-order valence-corrected chi connectivity index (χ3v) is 11.7. The van der Waals surface area contributed by atoms with E-state index in [2.05, 4.69) is 47.3 Å². The Morgan fingerprint density at radius 1 is 0.900 bits per heavy atom. The maximum atomic E-state index is 10.3. The lowest BCUT2D eigenvalue weighted by atomic mass is 9.44. The molecule has 0 bridgehead atoms. The van der Waals surface area contributed by atoms with Crippen LogP contribution in [0.2, 0.25) is 0 Å². The van der Waals surface area contributed by atoms with Crippen LogP contribution in [0.1, 0.15) is 105 Å². The van der Waals surface area contributed by atoms with E-state index in [4.69, 9.17) is 0 Å². The Kier molecular flexibility index (Phi) is 6.53. The molecular formula is C29H50O. The molecule has 0 amide bonds. The van der Waals surface area contributed by atoms with Gasteiger partial charge in [-0.2, -0.15) is 0 Å². The van der Waals surface area contributed by atoms with Crippen LogP contribution in [-0.4, -0.2) is 11.2 Å². The highest BCUT2D eigenvalue weighted by Gasteiger charge is 2.60. The van der Waals surface area contributed by atoms with Crippen molar-refractivity contribution in [3.63, 3.8) is 0 Å². The van der Waals surface area contributed by atoms with E-state index in [0.29, 0.717) is 16.7 Å². The average molecular weight is 415 g/mol. The second-order valence-corrected chi connectivity index (χ2v) is 12.9. The molecule has 4 fully saturated rings. The molecular weight excluding hydrogens is 364 g/mol. The van der Waals surface area contributed by atoms with E-state index in [1.54, 1.807) is 0 Å². The topological polar surface area (TPSA) is 20.2 Å². The number of hydrogen-bond donors (Lipinski definition) is 1. The van der Waals surface area contributed by atoms with Gasteiger partial charge in [0.05, 0.1) is 6.10 Å². The maximum absolute atomic E-state index is 10.3. The van der Waals surface area contributed by atoms with Crippen molar-refractivity contribution in [2.24, 2.45) is 58.2 Å². The Labute approximate surface area is 187 Å². The molecule has 0 radical (unpaired) electrons. The fraction of sp³-hybridized carbons (Fsp3) is 0.931. The third kappa shape index (κ3) is 3.74. The lowest BCUT2D eigenvalue weighted by molar-refractivity contribution is -0.129. The van der Waals surface area contributed by atoms with Gasteiger partial charge >= 0.3 is 0 Å². The Morgan fingerprint density at radius 3 is 2.33 bits per heavy atom. The van der Waals surface area contributed by atoms with Crippen molar-refractivity contribution in [3.05, 3.63) is 12.7 Å². The molecule has 4 saturated carbocycles. The predicted octanol–water partition coefficient (Wildman–Crippen LogP) is 7.88. The Hall–Kier alpha value is -0.300. The van der Waals surface area contributed by atoms with E-state index >= 15 is 0 Å². The highest BCUT2D eigenvalue weighted by Crippen LogP contribution is 2.68. The molecule has 0 unspecified atom stereocenters. The van der Waals surface area contributed by atoms with E-state index in [9.17, 15) is 5.11 Å². The first-order chi connectivity index (χ1) is 14.2. The minimum atomic E-state index is -0.0172. The monoisotopic (exact) mass is 414 g/mol. The summed E-state index contributed by atoms with van der Waals surface area (Å²) in [4.78, 5) is 0. The summed E-state index contributed by atoms with van der Waals surface area (Å²) >= 11 is 0. The predicted molar refractivity (Wildman–Crippen MR) is 128 cm³/mol. The van der Waals surface area contributed by atoms with Gasteiger partial charge in [-0.3, -0.25) is 0 Å². The molecule has 0 aromatic heterocycles. The molecule has 172 valence electrons. The zero-order valence-electron chi connectivity index (χ0n) is 20.7. The molecule has 11 atom stereocenters. The van der Waals surface area contributed by atoms with E-state index < -0.39 is 0 Å². The summed E-state index contributed by atoms with van der Waals surface area (Å²) in [6, 6.07) is 0. The molecule has 1 heteroatoms. The molecule has 1 nitrogen and oxygen atoms in total. The molecule has 0 aliphatic heterocycles. The van der Waals surface area contributed by atoms with Gasteiger partial charge in [-0.15, -0.1) is 6.58 Å². The average Bonchev–Trinajstić information content (AvgIpc) is 3.09. The van der Waals surface area contributed by atoms with E-state index in [1.165, 1.54) is 57.8 Å². The third-order valence-electron chi connectivity index (χ3n) is 11.7. The molecule has 4 rings (SSSR count).